The summed E-state index contributed by atoms with van der Waals surface area (Å²) in [5.41, 5.74) is 4.32. The van der Waals surface area contributed by atoms with Gasteiger partial charge in [0, 0.05) is 0 Å². The van der Waals surface area contributed by atoms with Gasteiger partial charge in [0.1, 0.15) is 0 Å². The molecule has 4 rings (SSSR count). The number of allylic oxidation sites excluding steroid dienone is 6. The van der Waals surface area contributed by atoms with Crippen LogP contribution in [0.3, 0.4) is 0 Å². The van der Waals surface area contributed by atoms with Gasteiger partial charge in [-0.2, -0.15) is 0 Å². The highest BCUT2D eigenvalue weighted by molar-refractivity contribution is 6.51. The fourth-order valence-electron chi connectivity index (χ4n) is 3.77. The van der Waals surface area contributed by atoms with Crippen molar-refractivity contribution < 1.29 is 10.0 Å². The van der Waals surface area contributed by atoms with Crippen LogP contribution in [0.2, 0.25) is 0 Å². The lowest BCUT2D eigenvalue weighted by Crippen LogP contribution is -2.12. The van der Waals surface area contributed by atoms with E-state index in [9.17, 15) is 0 Å². The Hall–Kier alpha value is -2.33. The van der Waals surface area contributed by atoms with Gasteiger partial charge in [0.15, 0.2) is 0 Å². The summed E-state index contributed by atoms with van der Waals surface area (Å²) < 4.78 is 0. The van der Waals surface area contributed by atoms with Crippen molar-refractivity contribution in [2.24, 2.45) is 5.92 Å². The Morgan fingerprint density at radius 2 is 1.32 bits per heavy atom. The zero-order chi connectivity index (χ0) is 24.6. The molecule has 2 N–H and O–H groups in total. The average molecular weight is 477 g/mol. The Bertz CT molecular complexity index is 933. The topological polar surface area (TPSA) is 40.5 Å². The zero-order valence-electron chi connectivity index (χ0n) is 20.5. The van der Waals surface area contributed by atoms with Crippen molar-refractivity contribution in [3.63, 3.8) is 0 Å². The van der Waals surface area contributed by atoms with Crippen LogP contribution in [0, 0.1) is 5.92 Å². The molecule has 0 aliphatic heterocycles. The standard InChI is InChI=1S/C15H18.C9H11BO2.C6H9Cl/c1-13(15-10-6-3-7-11-15)12-14-8-4-2-5-9-14;1-8(10(11)12)7-9-5-3-2-4-6-9;7-6-4-2-1-3-5-6/h2,4-6,8-10,12,15H,3,7,11H2,1H3;2-7,11-12H,1H3;2,4,6H,1,3,5H2/b13-12+;8-7+;/t15-;;/m0../s1. The molecule has 2 aromatic rings. The van der Waals surface area contributed by atoms with E-state index in [1.807, 2.05) is 30.3 Å². The third-order valence-corrected chi connectivity index (χ3v) is 6.19. The molecule has 0 spiro atoms. The maximum absolute atomic E-state index is 8.77. The first-order valence-electron chi connectivity index (χ1n) is 12.3. The normalized spacial score (nSPS) is 19.9. The minimum atomic E-state index is -1.36. The molecular weight excluding hydrogens is 439 g/mol. The van der Waals surface area contributed by atoms with Crippen LogP contribution in [-0.2, 0) is 0 Å². The predicted molar refractivity (Wildman–Crippen MR) is 149 cm³/mol. The molecule has 1 unspecified atom stereocenters. The highest BCUT2D eigenvalue weighted by Gasteiger charge is 2.10. The van der Waals surface area contributed by atoms with Gasteiger partial charge in [0.25, 0.3) is 0 Å². The molecule has 2 aliphatic carbocycles. The lowest BCUT2D eigenvalue weighted by atomic mass is 9.80. The summed E-state index contributed by atoms with van der Waals surface area (Å²) >= 11 is 5.73. The van der Waals surface area contributed by atoms with Gasteiger partial charge < -0.3 is 10.0 Å². The van der Waals surface area contributed by atoms with Gasteiger partial charge in [-0.05, 0) is 74.9 Å². The van der Waals surface area contributed by atoms with Gasteiger partial charge >= 0.3 is 7.12 Å². The number of halogens is 1. The van der Waals surface area contributed by atoms with E-state index in [-0.39, 0.29) is 0 Å². The summed E-state index contributed by atoms with van der Waals surface area (Å²) in [6.45, 7) is 3.92. The molecule has 0 fully saturated rings. The third kappa shape index (κ3) is 11.7. The fourth-order valence-corrected chi connectivity index (χ4v) is 4.03. The molecule has 0 bridgehead atoms. The van der Waals surface area contributed by atoms with Crippen molar-refractivity contribution in [3.05, 3.63) is 107 Å². The van der Waals surface area contributed by atoms with Gasteiger partial charge in [-0.3, -0.25) is 0 Å². The van der Waals surface area contributed by atoms with Gasteiger partial charge in [0.2, 0.25) is 0 Å². The second-order valence-electron chi connectivity index (χ2n) is 8.81. The molecule has 0 radical (unpaired) electrons. The molecule has 2 aromatic carbocycles. The zero-order valence-corrected chi connectivity index (χ0v) is 21.2. The summed E-state index contributed by atoms with van der Waals surface area (Å²) in [4.78, 5) is 0. The van der Waals surface area contributed by atoms with Crippen LogP contribution in [0.5, 0.6) is 0 Å². The molecule has 4 heteroatoms. The quantitative estimate of drug-likeness (QED) is 0.267. The van der Waals surface area contributed by atoms with Crippen molar-refractivity contribution in [2.45, 2.75) is 57.7 Å². The Morgan fingerprint density at radius 3 is 1.74 bits per heavy atom. The van der Waals surface area contributed by atoms with Crippen molar-refractivity contribution in [1.82, 2.24) is 0 Å². The highest BCUT2D eigenvalue weighted by atomic mass is 35.5. The van der Waals surface area contributed by atoms with Crippen LogP contribution in [0.25, 0.3) is 12.2 Å². The van der Waals surface area contributed by atoms with E-state index in [2.05, 4.69) is 67.6 Å². The second kappa shape index (κ2) is 16.3. The van der Waals surface area contributed by atoms with E-state index in [0.717, 1.165) is 12.0 Å². The van der Waals surface area contributed by atoms with Gasteiger partial charge in [0.05, 0.1) is 5.38 Å². The lowest BCUT2D eigenvalue weighted by molar-refractivity contribution is 0.419. The molecule has 2 nitrogen and oxygen atoms in total. The minimum absolute atomic E-state index is 0.328. The Morgan fingerprint density at radius 1 is 0.794 bits per heavy atom. The summed E-state index contributed by atoms with van der Waals surface area (Å²) in [7, 11) is -1.36. The molecule has 0 amide bonds. The van der Waals surface area contributed by atoms with E-state index in [1.54, 1.807) is 13.0 Å². The van der Waals surface area contributed by atoms with E-state index in [0.29, 0.717) is 16.8 Å². The van der Waals surface area contributed by atoms with Crippen molar-refractivity contribution in [2.75, 3.05) is 0 Å². The maximum Gasteiger partial charge on any atom is 0.483 e. The van der Waals surface area contributed by atoms with Gasteiger partial charge in [-0.1, -0.05) is 103 Å². The van der Waals surface area contributed by atoms with Crippen molar-refractivity contribution in [1.29, 1.82) is 0 Å². The third-order valence-electron chi connectivity index (χ3n) is 5.83. The maximum atomic E-state index is 8.77. The second-order valence-corrected chi connectivity index (χ2v) is 9.37. The molecule has 0 aromatic heterocycles. The number of rotatable bonds is 4. The molecular formula is C30H38BClO2. The smallest absolute Gasteiger partial charge is 0.423 e. The van der Waals surface area contributed by atoms with E-state index in [4.69, 9.17) is 21.6 Å². The van der Waals surface area contributed by atoms with E-state index < -0.39 is 7.12 Å². The number of alkyl halides is 1. The van der Waals surface area contributed by atoms with Crippen LogP contribution < -0.4 is 0 Å². The summed E-state index contributed by atoms with van der Waals surface area (Å²) in [5.74, 6) is 0.666. The Kier molecular flexibility index (Phi) is 13.4. The SMILES string of the molecule is C/C(=C\c1ccccc1)B(O)O.C/C(=C\c1ccccc1)[C@H]1C=CCCC1.ClC1C=CCCC1. The fraction of sp³-hybridized carbons (Fsp3) is 0.333. The molecule has 0 saturated carbocycles. The monoisotopic (exact) mass is 476 g/mol. The lowest BCUT2D eigenvalue weighted by Gasteiger charge is -2.17. The van der Waals surface area contributed by atoms with Crippen LogP contribution in [0.4, 0.5) is 0 Å². The van der Waals surface area contributed by atoms with Gasteiger partial charge in [-0.25, -0.2) is 0 Å². The summed E-state index contributed by atoms with van der Waals surface area (Å²) in [6, 6.07) is 20.1. The molecule has 2 aliphatic rings. The molecule has 180 valence electrons. The largest absolute Gasteiger partial charge is 0.483 e. The Labute approximate surface area is 211 Å². The van der Waals surface area contributed by atoms with Crippen LogP contribution in [0.15, 0.2) is 96.0 Å². The highest BCUT2D eigenvalue weighted by Crippen LogP contribution is 2.25. The average Bonchev–Trinajstić information content (AvgIpc) is 2.87. The van der Waals surface area contributed by atoms with Crippen LogP contribution in [-0.4, -0.2) is 22.5 Å². The first-order chi connectivity index (χ1) is 16.5. The predicted octanol–water partition coefficient (Wildman–Crippen LogP) is 7.88. The first-order valence-corrected chi connectivity index (χ1v) is 12.7. The molecule has 0 saturated heterocycles. The summed E-state index contributed by atoms with van der Waals surface area (Å²) in [6.07, 6.45) is 20.5. The number of benzene rings is 2. The van der Waals surface area contributed by atoms with Crippen LogP contribution >= 0.6 is 11.6 Å². The number of hydrogen-bond donors (Lipinski definition) is 2. The Balaban J connectivity index is 0.000000192. The minimum Gasteiger partial charge on any atom is -0.423 e. The van der Waals surface area contributed by atoms with E-state index in [1.165, 1.54) is 43.2 Å². The van der Waals surface area contributed by atoms with Crippen LogP contribution in [0.1, 0.15) is 63.5 Å². The number of hydrogen-bond acceptors (Lipinski definition) is 2. The molecule has 2 atom stereocenters. The van der Waals surface area contributed by atoms with Gasteiger partial charge in [-0.15, -0.1) is 11.6 Å². The molecule has 34 heavy (non-hydrogen) atoms. The van der Waals surface area contributed by atoms with Crippen molar-refractivity contribution in [3.8, 4) is 0 Å². The summed E-state index contributed by atoms with van der Waals surface area (Å²) in [5, 5.41) is 17.9. The molecule has 0 heterocycles. The van der Waals surface area contributed by atoms with Crippen molar-refractivity contribution >= 4 is 30.9 Å². The van der Waals surface area contributed by atoms with E-state index >= 15 is 0 Å². The first kappa shape index (κ1) is 27.9.